The number of nitrogens with one attached hydrogen (secondary N) is 1. The van der Waals surface area contributed by atoms with E-state index in [2.05, 4.69) is 10.3 Å². The van der Waals surface area contributed by atoms with E-state index in [0.29, 0.717) is 12.4 Å². The molecule has 0 aliphatic rings. The number of nitrogens with zero attached hydrogens (tertiary/aromatic N) is 1. The molecule has 19 heavy (non-hydrogen) atoms. The molecule has 3 N–H and O–H groups in total. The maximum Gasteiger partial charge on any atom is 0.192 e. The molecule has 1 heterocycles. The van der Waals surface area contributed by atoms with Gasteiger partial charge in [0.15, 0.2) is 11.5 Å². The molecule has 0 aliphatic carbocycles. The summed E-state index contributed by atoms with van der Waals surface area (Å²) >= 11 is 0. The minimum Gasteiger partial charge on any atom is -0.441 e. The molecule has 0 saturated heterocycles. The van der Waals surface area contributed by atoms with Gasteiger partial charge < -0.3 is 15.5 Å². The average Bonchev–Trinajstić information content (AvgIpc) is 2.77. The van der Waals surface area contributed by atoms with E-state index < -0.39 is 0 Å². The Morgan fingerprint density at radius 3 is 2.89 bits per heavy atom. The first-order chi connectivity index (χ1) is 9.22. The number of hydrogen-bond donors (Lipinski definition) is 2. The molecule has 0 fully saturated rings. The summed E-state index contributed by atoms with van der Waals surface area (Å²) < 4.78 is 5.45. The molecule has 0 saturated carbocycles. The van der Waals surface area contributed by atoms with Gasteiger partial charge in [0.1, 0.15) is 5.52 Å². The van der Waals surface area contributed by atoms with Gasteiger partial charge in [-0.25, -0.2) is 4.98 Å². The fourth-order valence-electron chi connectivity index (χ4n) is 2.05. The second kappa shape index (κ2) is 4.65. The summed E-state index contributed by atoms with van der Waals surface area (Å²) in [6.07, 6.45) is 0. The Labute approximate surface area is 111 Å². The monoisotopic (exact) mass is 253 g/mol. The largest absolute Gasteiger partial charge is 0.441 e. The van der Waals surface area contributed by atoms with Crippen LogP contribution in [0.4, 0.5) is 11.4 Å². The van der Waals surface area contributed by atoms with Gasteiger partial charge in [0.05, 0.1) is 0 Å². The van der Waals surface area contributed by atoms with E-state index in [4.69, 9.17) is 10.2 Å². The van der Waals surface area contributed by atoms with E-state index in [1.807, 2.05) is 49.4 Å². The number of benzene rings is 2. The summed E-state index contributed by atoms with van der Waals surface area (Å²) in [5.41, 5.74) is 10.5. The van der Waals surface area contributed by atoms with Crippen LogP contribution in [0.5, 0.6) is 0 Å². The van der Waals surface area contributed by atoms with Crippen LogP contribution in [0.15, 0.2) is 46.9 Å². The molecular weight excluding hydrogens is 238 g/mol. The van der Waals surface area contributed by atoms with Crippen molar-refractivity contribution in [3.8, 4) is 0 Å². The first-order valence-corrected chi connectivity index (χ1v) is 6.17. The Morgan fingerprint density at radius 2 is 2.05 bits per heavy atom. The summed E-state index contributed by atoms with van der Waals surface area (Å²) in [6, 6.07) is 13.7. The van der Waals surface area contributed by atoms with Gasteiger partial charge in [0.2, 0.25) is 0 Å². The van der Waals surface area contributed by atoms with E-state index in [1.165, 1.54) is 0 Å². The highest BCUT2D eigenvalue weighted by molar-refractivity contribution is 5.77. The van der Waals surface area contributed by atoms with Gasteiger partial charge in [-0.2, -0.15) is 0 Å². The van der Waals surface area contributed by atoms with E-state index in [9.17, 15) is 0 Å². The predicted molar refractivity (Wildman–Crippen MR) is 76.9 cm³/mol. The maximum absolute atomic E-state index is 5.91. The summed E-state index contributed by atoms with van der Waals surface area (Å²) in [7, 11) is 0. The van der Waals surface area contributed by atoms with Crippen molar-refractivity contribution in [3.05, 3.63) is 53.9 Å². The van der Waals surface area contributed by atoms with Crippen LogP contribution >= 0.6 is 0 Å². The Morgan fingerprint density at radius 1 is 1.21 bits per heavy atom. The first-order valence-electron chi connectivity index (χ1n) is 6.17. The number of oxazole rings is 1. The van der Waals surface area contributed by atoms with Crippen molar-refractivity contribution in [3.63, 3.8) is 0 Å². The standard InChI is InChI=1S/C15H15N3O/c1-10-18-14-8-12(6-7-15(14)19-10)17-9-11-4-2-3-5-13(11)16/h2-8,17H,9,16H2,1H3. The van der Waals surface area contributed by atoms with Crippen molar-refractivity contribution in [2.24, 2.45) is 0 Å². The van der Waals surface area contributed by atoms with E-state index >= 15 is 0 Å². The third-order valence-corrected chi connectivity index (χ3v) is 3.03. The van der Waals surface area contributed by atoms with E-state index in [1.54, 1.807) is 0 Å². The Bertz CT molecular complexity index is 718. The Kier molecular flexibility index (Phi) is 2.83. The van der Waals surface area contributed by atoms with Crippen molar-refractivity contribution in [2.45, 2.75) is 13.5 Å². The molecule has 3 aromatic rings. The van der Waals surface area contributed by atoms with Crippen molar-refractivity contribution in [1.29, 1.82) is 0 Å². The maximum atomic E-state index is 5.91. The second-order valence-electron chi connectivity index (χ2n) is 4.47. The third-order valence-electron chi connectivity index (χ3n) is 3.03. The number of hydrogen-bond acceptors (Lipinski definition) is 4. The molecule has 0 atom stereocenters. The molecule has 4 nitrogen and oxygen atoms in total. The number of fused-ring (bicyclic) bond motifs is 1. The Balaban J connectivity index is 1.80. The summed E-state index contributed by atoms with van der Waals surface area (Å²) in [5, 5.41) is 3.34. The van der Waals surface area contributed by atoms with Gasteiger partial charge in [-0.3, -0.25) is 0 Å². The van der Waals surface area contributed by atoms with Crippen molar-refractivity contribution >= 4 is 22.5 Å². The molecule has 96 valence electrons. The quantitative estimate of drug-likeness (QED) is 0.703. The summed E-state index contributed by atoms with van der Waals surface area (Å²) in [4.78, 5) is 4.31. The van der Waals surface area contributed by atoms with Crippen LogP contribution < -0.4 is 11.1 Å². The predicted octanol–water partition coefficient (Wildman–Crippen LogP) is 3.33. The average molecular weight is 253 g/mol. The molecule has 0 unspecified atom stereocenters. The van der Waals surface area contributed by atoms with Gasteiger partial charge >= 0.3 is 0 Å². The highest BCUT2D eigenvalue weighted by atomic mass is 16.3. The minimum atomic E-state index is 0.680. The molecule has 0 amide bonds. The number of nitrogen functional groups attached to an aromatic ring is 1. The van der Waals surface area contributed by atoms with E-state index in [0.717, 1.165) is 28.0 Å². The normalized spacial score (nSPS) is 10.8. The number of anilines is 2. The highest BCUT2D eigenvalue weighted by Crippen LogP contribution is 2.20. The molecule has 3 rings (SSSR count). The number of nitrogens with two attached hydrogens (primary N) is 1. The van der Waals surface area contributed by atoms with Crippen molar-refractivity contribution in [2.75, 3.05) is 11.1 Å². The molecule has 4 heteroatoms. The van der Waals surface area contributed by atoms with Crippen LogP contribution in [0, 0.1) is 6.92 Å². The zero-order valence-electron chi connectivity index (χ0n) is 10.7. The van der Waals surface area contributed by atoms with Crippen LogP contribution in [0.3, 0.4) is 0 Å². The van der Waals surface area contributed by atoms with Gasteiger partial charge in [0.25, 0.3) is 0 Å². The fourth-order valence-corrected chi connectivity index (χ4v) is 2.05. The van der Waals surface area contributed by atoms with Gasteiger partial charge in [-0.15, -0.1) is 0 Å². The van der Waals surface area contributed by atoms with E-state index in [-0.39, 0.29) is 0 Å². The molecule has 0 radical (unpaired) electrons. The molecular formula is C15H15N3O. The lowest BCUT2D eigenvalue weighted by Crippen LogP contribution is -2.02. The first kappa shape index (κ1) is 11.6. The van der Waals surface area contributed by atoms with Gasteiger partial charge in [0, 0.05) is 24.8 Å². The Hall–Kier alpha value is -2.49. The topological polar surface area (TPSA) is 64.1 Å². The summed E-state index contributed by atoms with van der Waals surface area (Å²) in [6.45, 7) is 2.53. The summed E-state index contributed by atoms with van der Waals surface area (Å²) in [5.74, 6) is 0.680. The lowest BCUT2D eigenvalue weighted by atomic mass is 10.2. The van der Waals surface area contributed by atoms with Crippen LogP contribution in [0.1, 0.15) is 11.5 Å². The zero-order valence-corrected chi connectivity index (χ0v) is 10.7. The number of rotatable bonds is 3. The number of aryl methyl sites for hydroxylation is 1. The minimum absolute atomic E-state index is 0.680. The van der Waals surface area contributed by atoms with Crippen LogP contribution in [0.2, 0.25) is 0 Å². The molecule has 0 spiro atoms. The lowest BCUT2D eigenvalue weighted by Gasteiger charge is -2.08. The zero-order chi connectivity index (χ0) is 13.2. The van der Waals surface area contributed by atoms with Crippen molar-refractivity contribution in [1.82, 2.24) is 4.98 Å². The van der Waals surface area contributed by atoms with Crippen LogP contribution in [-0.2, 0) is 6.54 Å². The fraction of sp³-hybridized carbons (Fsp3) is 0.133. The van der Waals surface area contributed by atoms with Crippen LogP contribution in [0.25, 0.3) is 11.1 Å². The number of para-hydroxylation sites is 1. The van der Waals surface area contributed by atoms with Crippen molar-refractivity contribution < 1.29 is 4.42 Å². The number of aromatic nitrogens is 1. The lowest BCUT2D eigenvalue weighted by molar-refractivity contribution is 0.561. The molecule has 1 aromatic heterocycles. The smallest absolute Gasteiger partial charge is 0.192 e. The van der Waals surface area contributed by atoms with Crippen LogP contribution in [-0.4, -0.2) is 4.98 Å². The SMILES string of the molecule is Cc1nc2cc(NCc3ccccc3N)ccc2o1. The van der Waals surface area contributed by atoms with Gasteiger partial charge in [-0.1, -0.05) is 18.2 Å². The molecule has 2 aromatic carbocycles. The third kappa shape index (κ3) is 2.38. The van der Waals surface area contributed by atoms with Gasteiger partial charge in [-0.05, 0) is 29.8 Å². The second-order valence-corrected chi connectivity index (χ2v) is 4.47. The highest BCUT2D eigenvalue weighted by Gasteiger charge is 2.03. The molecule has 0 aliphatic heterocycles. The molecule has 0 bridgehead atoms.